The Kier molecular flexibility index (Phi) is 4.64. The molecule has 0 amide bonds. The first-order valence-electron chi connectivity index (χ1n) is 5.87. The van der Waals surface area contributed by atoms with Gasteiger partial charge in [-0.05, 0) is 12.8 Å². The molecule has 0 saturated carbocycles. The van der Waals surface area contributed by atoms with Crippen molar-refractivity contribution in [2.75, 3.05) is 0 Å². The summed E-state index contributed by atoms with van der Waals surface area (Å²) in [6.45, 7) is 6.65. The van der Waals surface area contributed by atoms with Gasteiger partial charge in [-0.15, -0.1) is 10.2 Å². The lowest BCUT2D eigenvalue weighted by Gasteiger charge is -2.12. The standard InChI is InChI=1S/C10H20N4O2S/c1-4-6-8(3)9-12-13-10(17(11,15)16)14(9)7-5-2/h8H,4-7H2,1-3H3,(H2,11,15,16). The van der Waals surface area contributed by atoms with Crippen molar-refractivity contribution in [2.45, 2.75) is 57.7 Å². The molecule has 1 unspecified atom stereocenters. The molecule has 6 nitrogen and oxygen atoms in total. The Morgan fingerprint density at radius 2 is 1.94 bits per heavy atom. The molecule has 0 aliphatic heterocycles. The van der Waals surface area contributed by atoms with E-state index in [2.05, 4.69) is 17.1 Å². The fourth-order valence-corrected chi connectivity index (χ4v) is 2.52. The molecule has 98 valence electrons. The summed E-state index contributed by atoms with van der Waals surface area (Å²) in [6.07, 6.45) is 2.78. The SMILES string of the molecule is CCCC(C)c1nnc(S(N)(=O)=O)n1CCC. The molecule has 0 saturated heterocycles. The molecule has 1 aromatic heterocycles. The van der Waals surface area contributed by atoms with Gasteiger partial charge in [0.05, 0.1) is 0 Å². The van der Waals surface area contributed by atoms with Gasteiger partial charge in [-0.2, -0.15) is 0 Å². The van der Waals surface area contributed by atoms with Crippen LogP contribution in [-0.4, -0.2) is 23.2 Å². The molecule has 0 fully saturated rings. The third kappa shape index (κ3) is 3.26. The van der Waals surface area contributed by atoms with E-state index in [1.807, 2.05) is 13.8 Å². The molecule has 1 aromatic rings. The number of hydrogen-bond donors (Lipinski definition) is 1. The van der Waals surface area contributed by atoms with Crippen LogP contribution in [0.25, 0.3) is 0 Å². The minimum atomic E-state index is -3.79. The van der Waals surface area contributed by atoms with Crippen LogP contribution in [0.4, 0.5) is 0 Å². The molecular formula is C10H20N4O2S. The van der Waals surface area contributed by atoms with E-state index in [4.69, 9.17) is 5.14 Å². The molecular weight excluding hydrogens is 240 g/mol. The van der Waals surface area contributed by atoms with Crippen molar-refractivity contribution in [3.05, 3.63) is 5.82 Å². The van der Waals surface area contributed by atoms with E-state index >= 15 is 0 Å². The third-order valence-corrected chi connectivity index (χ3v) is 3.42. The van der Waals surface area contributed by atoms with E-state index in [9.17, 15) is 8.42 Å². The molecule has 2 N–H and O–H groups in total. The highest BCUT2D eigenvalue weighted by Gasteiger charge is 2.23. The first-order valence-corrected chi connectivity index (χ1v) is 7.42. The molecule has 0 aliphatic rings. The summed E-state index contributed by atoms with van der Waals surface area (Å²) in [7, 11) is -3.79. The molecule has 0 radical (unpaired) electrons. The Labute approximate surface area is 102 Å². The predicted molar refractivity (Wildman–Crippen MR) is 65.0 cm³/mol. The summed E-state index contributed by atoms with van der Waals surface area (Å²) in [4.78, 5) is 0. The van der Waals surface area contributed by atoms with Gasteiger partial charge < -0.3 is 4.57 Å². The first-order chi connectivity index (χ1) is 7.91. The zero-order chi connectivity index (χ0) is 13.1. The quantitative estimate of drug-likeness (QED) is 0.833. The number of rotatable bonds is 6. The molecule has 0 bridgehead atoms. The summed E-state index contributed by atoms with van der Waals surface area (Å²) in [6, 6.07) is 0. The van der Waals surface area contributed by atoms with Crippen LogP contribution in [-0.2, 0) is 16.6 Å². The van der Waals surface area contributed by atoms with Crippen LogP contribution in [0, 0.1) is 0 Å². The van der Waals surface area contributed by atoms with Gasteiger partial charge in [0.1, 0.15) is 5.82 Å². The maximum Gasteiger partial charge on any atom is 0.273 e. The van der Waals surface area contributed by atoms with Crippen LogP contribution in [0.1, 0.15) is 51.8 Å². The second-order valence-corrected chi connectivity index (χ2v) is 5.68. The monoisotopic (exact) mass is 260 g/mol. The van der Waals surface area contributed by atoms with Crippen LogP contribution in [0.2, 0.25) is 0 Å². The third-order valence-electron chi connectivity index (χ3n) is 2.61. The topological polar surface area (TPSA) is 90.9 Å². The van der Waals surface area contributed by atoms with E-state index in [1.54, 1.807) is 4.57 Å². The fraction of sp³-hybridized carbons (Fsp3) is 0.800. The molecule has 17 heavy (non-hydrogen) atoms. The maximum atomic E-state index is 11.4. The van der Waals surface area contributed by atoms with Crippen LogP contribution >= 0.6 is 0 Å². The van der Waals surface area contributed by atoms with Gasteiger partial charge in [0, 0.05) is 12.5 Å². The molecule has 1 atom stereocenters. The molecule has 1 heterocycles. The van der Waals surface area contributed by atoms with Gasteiger partial charge >= 0.3 is 0 Å². The van der Waals surface area contributed by atoms with E-state index in [1.165, 1.54) is 0 Å². The van der Waals surface area contributed by atoms with E-state index < -0.39 is 10.0 Å². The second kappa shape index (κ2) is 5.59. The minimum absolute atomic E-state index is 0.127. The van der Waals surface area contributed by atoms with Gasteiger partial charge in [0.25, 0.3) is 15.2 Å². The van der Waals surface area contributed by atoms with E-state index in [0.29, 0.717) is 12.4 Å². The zero-order valence-electron chi connectivity index (χ0n) is 10.5. The second-order valence-electron chi connectivity index (χ2n) is 4.23. The Balaban J connectivity index is 3.19. The maximum absolute atomic E-state index is 11.4. The van der Waals surface area contributed by atoms with Gasteiger partial charge in [-0.1, -0.05) is 27.2 Å². The van der Waals surface area contributed by atoms with Crippen molar-refractivity contribution in [3.63, 3.8) is 0 Å². The molecule has 0 spiro atoms. The highest BCUT2D eigenvalue weighted by molar-refractivity contribution is 7.89. The lowest BCUT2D eigenvalue weighted by atomic mass is 10.1. The van der Waals surface area contributed by atoms with Crippen LogP contribution in [0.15, 0.2) is 5.16 Å². The lowest BCUT2D eigenvalue weighted by Crippen LogP contribution is -2.20. The normalized spacial score (nSPS) is 13.9. The minimum Gasteiger partial charge on any atom is -0.301 e. The number of nitrogens with two attached hydrogens (primary N) is 1. The number of primary sulfonamides is 1. The number of hydrogen-bond acceptors (Lipinski definition) is 4. The largest absolute Gasteiger partial charge is 0.301 e. The summed E-state index contributed by atoms with van der Waals surface area (Å²) in [5.74, 6) is 0.896. The number of sulfonamides is 1. The zero-order valence-corrected chi connectivity index (χ0v) is 11.4. The first kappa shape index (κ1) is 14.1. The van der Waals surface area contributed by atoms with Crippen molar-refractivity contribution < 1.29 is 8.42 Å². The average Bonchev–Trinajstić information content (AvgIpc) is 2.62. The molecule has 1 rings (SSSR count). The molecule has 7 heteroatoms. The predicted octanol–water partition coefficient (Wildman–Crippen LogP) is 1.24. The van der Waals surface area contributed by atoms with Crippen molar-refractivity contribution in [1.29, 1.82) is 0 Å². The van der Waals surface area contributed by atoms with Gasteiger partial charge in [-0.3, -0.25) is 0 Å². The summed E-state index contributed by atoms with van der Waals surface area (Å²) in [5, 5.41) is 12.7. The fourth-order valence-electron chi connectivity index (χ4n) is 1.87. The Bertz CT molecular complexity index is 467. The van der Waals surface area contributed by atoms with Crippen molar-refractivity contribution in [2.24, 2.45) is 5.14 Å². The summed E-state index contributed by atoms with van der Waals surface area (Å²) < 4.78 is 24.4. The van der Waals surface area contributed by atoms with E-state index in [0.717, 1.165) is 19.3 Å². The van der Waals surface area contributed by atoms with Crippen molar-refractivity contribution in [1.82, 2.24) is 14.8 Å². The summed E-state index contributed by atoms with van der Waals surface area (Å²) >= 11 is 0. The Morgan fingerprint density at radius 1 is 1.29 bits per heavy atom. The lowest BCUT2D eigenvalue weighted by molar-refractivity contribution is 0.521. The van der Waals surface area contributed by atoms with Crippen LogP contribution in [0.3, 0.4) is 0 Å². The van der Waals surface area contributed by atoms with Crippen molar-refractivity contribution in [3.8, 4) is 0 Å². The van der Waals surface area contributed by atoms with Crippen LogP contribution in [0.5, 0.6) is 0 Å². The highest BCUT2D eigenvalue weighted by atomic mass is 32.2. The number of aromatic nitrogens is 3. The van der Waals surface area contributed by atoms with Crippen molar-refractivity contribution >= 4 is 10.0 Å². The highest BCUT2D eigenvalue weighted by Crippen LogP contribution is 2.21. The van der Waals surface area contributed by atoms with E-state index in [-0.39, 0.29) is 11.1 Å². The number of nitrogens with zero attached hydrogens (tertiary/aromatic N) is 3. The van der Waals surface area contributed by atoms with Crippen LogP contribution < -0.4 is 5.14 Å². The molecule has 0 aromatic carbocycles. The Hall–Kier alpha value is -0.950. The van der Waals surface area contributed by atoms with Gasteiger partial charge in [-0.25, -0.2) is 13.6 Å². The smallest absolute Gasteiger partial charge is 0.273 e. The van der Waals surface area contributed by atoms with Gasteiger partial charge in [0.15, 0.2) is 0 Å². The Morgan fingerprint density at radius 3 is 2.41 bits per heavy atom. The average molecular weight is 260 g/mol. The summed E-state index contributed by atoms with van der Waals surface area (Å²) in [5.41, 5.74) is 0. The molecule has 0 aliphatic carbocycles. The van der Waals surface area contributed by atoms with Gasteiger partial charge in [0.2, 0.25) is 0 Å².